The molecule has 3 N–H and O–H groups in total. The van der Waals surface area contributed by atoms with Gasteiger partial charge in [0.15, 0.2) is 5.60 Å². The molecular weight excluding hydrogens is 309 g/mol. The molecule has 0 spiro atoms. The average Bonchev–Trinajstić information content (AvgIpc) is 2.29. The molecule has 0 bridgehead atoms. The minimum absolute atomic E-state index is 0.231. The number of hydrogen-bond acceptors (Lipinski definition) is 3. The third-order valence-corrected chi connectivity index (χ3v) is 2.72. The number of carboxylic acids is 1. The molecule has 98 valence electrons. The van der Waals surface area contributed by atoms with Gasteiger partial charge in [-0.15, -0.1) is 0 Å². The van der Waals surface area contributed by atoms with E-state index in [2.05, 4.69) is 21.2 Å². The summed E-state index contributed by atoms with van der Waals surface area (Å²) in [5.74, 6) is -3.00. The molecule has 18 heavy (non-hydrogen) atoms. The lowest BCUT2D eigenvalue weighted by Crippen LogP contribution is -2.46. The Morgan fingerprint density at radius 1 is 1.50 bits per heavy atom. The minimum Gasteiger partial charge on any atom is -0.479 e. The van der Waals surface area contributed by atoms with Crippen LogP contribution in [0.25, 0.3) is 0 Å². The Balaban J connectivity index is 2.78. The smallest absolute Gasteiger partial charge is 0.337 e. The minimum atomic E-state index is -2.10. The highest BCUT2D eigenvalue weighted by Gasteiger charge is 2.30. The van der Waals surface area contributed by atoms with E-state index >= 15 is 0 Å². The summed E-state index contributed by atoms with van der Waals surface area (Å²) < 4.78 is 13.9. The van der Waals surface area contributed by atoms with Crippen molar-refractivity contribution in [2.45, 2.75) is 12.5 Å². The van der Waals surface area contributed by atoms with Crippen LogP contribution in [0.5, 0.6) is 0 Å². The Morgan fingerprint density at radius 3 is 2.67 bits per heavy atom. The zero-order valence-corrected chi connectivity index (χ0v) is 11.0. The monoisotopic (exact) mass is 319 g/mol. The highest BCUT2D eigenvalue weighted by atomic mass is 79.9. The van der Waals surface area contributed by atoms with Gasteiger partial charge in [0.25, 0.3) is 5.91 Å². The Bertz CT molecular complexity index is 490. The van der Waals surface area contributed by atoms with Gasteiger partial charge in [0.05, 0.1) is 12.1 Å². The standard InChI is InChI=1S/C11H11BrFNO4/c1-11(18,10(16)17)5-14-9(15)7-4-6(12)2-3-8(7)13/h2-4,18H,5H2,1H3,(H,14,15)(H,16,17). The van der Waals surface area contributed by atoms with E-state index < -0.39 is 29.8 Å². The van der Waals surface area contributed by atoms with Crippen LogP contribution in [0, 0.1) is 5.82 Å². The number of carboxylic acid groups (broad SMARTS) is 1. The van der Waals surface area contributed by atoms with Gasteiger partial charge in [0.1, 0.15) is 5.82 Å². The van der Waals surface area contributed by atoms with E-state index in [9.17, 15) is 19.1 Å². The lowest BCUT2D eigenvalue weighted by Gasteiger charge is -2.18. The summed E-state index contributed by atoms with van der Waals surface area (Å²) in [5.41, 5.74) is -2.33. The molecule has 1 amide bonds. The number of aliphatic carboxylic acids is 1. The molecule has 1 aromatic carbocycles. The summed E-state index contributed by atoms with van der Waals surface area (Å²) in [6.07, 6.45) is 0. The van der Waals surface area contributed by atoms with Crippen LogP contribution < -0.4 is 5.32 Å². The molecule has 1 rings (SSSR count). The Kier molecular flexibility index (Phi) is 4.42. The molecule has 0 aromatic heterocycles. The molecule has 1 aromatic rings. The zero-order chi connectivity index (χ0) is 13.9. The molecule has 5 nitrogen and oxygen atoms in total. The molecular formula is C11H11BrFNO4. The fourth-order valence-electron chi connectivity index (χ4n) is 1.09. The summed E-state index contributed by atoms with van der Waals surface area (Å²) in [7, 11) is 0. The van der Waals surface area contributed by atoms with Gasteiger partial charge < -0.3 is 15.5 Å². The number of hydrogen-bond donors (Lipinski definition) is 3. The fraction of sp³-hybridized carbons (Fsp3) is 0.273. The molecule has 0 aliphatic carbocycles. The number of benzene rings is 1. The first-order valence-electron chi connectivity index (χ1n) is 4.93. The Labute approximate surface area is 111 Å². The van der Waals surface area contributed by atoms with Crippen LogP contribution in [0.4, 0.5) is 4.39 Å². The first kappa shape index (κ1) is 14.6. The van der Waals surface area contributed by atoms with Gasteiger partial charge in [0.2, 0.25) is 0 Å². The van der Waals surface area contributed by atoms with E-state index in [-0.39, 0.29) is 5.56 Å². The average molecular weight is 320 g/mol. The summed E-state index contributed by atoms with van der Waals surface area (Å²) in [5, 5.41) is 20.2. The molecule has 1 atom stereocenters. The van der Waals surface area contributed by atoms with Crippen LogP contribution in [-0.4, -0.2) is 34.2 Å². The summed E-state index contributed by atoms with van der Waals surface area (Å²) in [6, 6.07) is 3.80. The van der Waals surface area contributed by atoms with Gasteiger partial charge in [-0.25, -0.2) is 9.18 Å². The number of carbonyl (C=O) groups excluding carboxylic acids is 1. The second-order valence-corrected chi connectivity index (χ2v) is 4.80. The van der Waals surface area contributed by atoms with Crippen molar-refractivity contribution in [2.24, 2.45) is 0 Å². The van der Waals surface area contributed by atoms with Gasteiger partial charge in [-0.3, -0.25) is 4.79 Å². The number of aliphatic hydroxyl groups is 1. The second-order valence-electron chi connectivity index (χ2n) is 3.89. The van der Waals surface area contributed by atoms with Crippen LogP contribution >= 0.6 is 15.9 Å². The van der Waals surface area contributed by atoms with Gasteiger partial charge in [-0.1, -0.05) is 15.9 Å². The summed E-state index contributed by atoms with van der Waals surface area (Å²) in [4.78, 5) is 22.2. The molecule has 7 heteroatoms. The van der Waals surface area contributed by atoms with Gasteiger partial charge in [0, 0.05) is 4.47 Å². The maximum absolute atomic E-state index is 13.3. The number of halogens is 2. The van der Waals surface area contributed by atoms with Crippen molar-refractivity contribution < 1.29 is 24.2 Å². The third kappa shape index (κ3) is 3.51. The summed E-state index contributed by atoms with van der Waals surface area (Å²) >= 11 is 3.09. The van der Waals surface area contributed by atoms with Crippen molar-refractivity contribution in [3.8, 4) is 0 Å². The first-order chi connectivity index (χ1) is 8.24. The molecule has 0 saturated carbocycles. The highest BCUT2D eigenvalue weighted by Crippen LogP contribution is 2.15. The van der Waals surface area contributed by atoms with Crippen molar-refractivity contribution in [3.05, 3.63) is 34.1 Å². The molecule has 0 radical (unpaired) electrons. The van der Waals surface area contributed by atoms with Crippen molar-refractivity contribution in [2.75, 3.05) is 6.54 Å². The lowest BCUT2D eigenvalue weighted by molar-refractivity contribution is -0.155. The zero-order valence-electron chi connectivity index (χ0n) is 9.41. The molecule has 0 fully saturated rings. The van der Waals surface area contributed by atoms with Crippen LogP contribution in [0.15, 0.2) is 22.7 Å². The SMILES string of the molecule is CC(O)(CNC(=O)c1cc(Br)ccc1F)C(=O)O. The normalized spacial score (nSPS) is 13.8. The second kappa shape index (κ2) is 5.45. The molecule has 0 aliphatic rings. The van der Waals surface area contributed by atoms with Crippen LogP contribution in [0.2, 0.25) is 0 Å². The van der Waals surface area contributed by atoms with Crippen molar-refractivity contribution in [1.29, 1.82) is 0 Å². The molecule has 1 unspecified atom stereocenters. The molecule has 0 aliphatic heterocycles. The number of nitrogens with one attached hydrogen (secondary N) is 1. The Hall–Kier alpha value is -1.47. The predicted molar refractivity (Wildman–Crippen MR) is 64.7 cm³/mol. The topological polar surface area (TPSA) is 86.6 Å². The quantitative estimate of drug-likeness (QED) is 0.777. The Morgan fingerprint density at radius 2 is 2.11 bits per heavy atom. The van der Waals surface area contributed by atoms with E-state index in [1.807, 2.05) is 0 Å². The van der Waals surface area contributed by atoms with Crippen molar-refractivity contribution in [3.63, 3.8) is 0 Å². The number of rotatable bonds is 4. The summed E-state index contributed by atoms with van der Waals surface area (Å²) in [6.45, 7) is 0.514. The number of carbonyl (C=O) groups is 2. The maximum atomic E-state index is 13.3. The van der Waals surface area contributed by atoms with Gasteiger partial charge in [-0.05, 0) is 25.1 Å². The van der Waals surface area contributed by atoms with Crippen molar-refractivity contribution >= 4 is 27.8 Å². The van der Waals surface area contributed by atoms with E-state index in [4.69, 9.17) is 5.11 Å². The van der Waals surface area contributed by atoms with E-state index in [0.717, 1.165) is 13.0 Å². The predicted octanol–water partition coefficient (Wildman–Crippen LogP) is 1.15. The molecule has 0 saturated heterocycles. The van der Waals surface area contributed by atoms with Crippen LogP contribution in [0.3, 0.4) is 0 Å². The maximum Gasteiger partial charge on any atom is 0.337 e. The van der Waals surface area contributed by atoms with Gasteiger partial charge in [-0.2, -0.15) is 0 Å². The molecule has 0 heterocycles. The fourth-order valence-corrected chi connectivity index (χ4v) is 1.46. The van der Waals surface area contributed by atoms with E-state index in [0.29, 0.717) is 4.47 Å². The highest BCUT2D eigenvalue weighted by molar-refractivity contribution is 9.10. The van der Waals surface area contributed by atoms with Crippen molar-refractivity contribution in [1.82, 2.24) is 5.32 Å². The van der Waals surface area contributed by atoms with E-state index in [1.54, 1.807) is 0 Å². The largest absolute Gasteiger partial charge is 0.479 e. The first-order valence-corrected chi connectivity index (χ1v) is 5.72. The third-order valence-electron chi connectivity index (χ3n) is 2.23. The number of amides is 1. The lowest BCUT2D eigenvalue weighted by atomic mass is 10.1. The van der Waals surface area contributed by atoms with E-state index in [1.165, 1.54) is 12.1 Å². The van der Waals surface area contributed by atoms with Crippen LogP contribution in [-0.2, 0) is 4.79 Å². The van der Waals surface area contributed by atoms with Crippen LogP contribution in [0.1, 0.15) is 17.3 Å². The van der Waals surface area contributed by atoms with Gasteiger partial charge >= 0.3 is 5.97 Å².